The van der Waals surface area contributed by atoms with Crippen LogP contribution in [0, 0.1) is 5.82 Å². The Balaban J connectivity index is 2.02. The summed E-state index contributed by atoms with van der Waals surface area (Å²) in [5.41, 5.74) is -0.721. The molecule has 0 heterocycles. The fourth-order valence-corrected chi connectivity index (χ4v) is 2.60. The molecule has 0 fully saturated rings. The van der Waals surface area contributed by atoms with Gasteiger partial charge in [0.2, 0.25) is 11.8 Å². The van der Waals surface area contributed by atoms with Gasteiger partial charge in [-0.3, -0.25) is 9.59 Å². The highest BCUT2D eigenvalue weighted by Gasteiger charge is 2.35. The average molecular weight is 382 g/mol. The van der Waals surface area contributed by atoms with Crippen molar-refractivity contribution in [2.24, 2.45) is 0 Å². The van der Waals surface area contributed by atoms with E-state index in [0.717, 1.165) is 17.9 Å². The van der Waals surface area contributed by atoms with E-state index in [1.807, 2.05) is 0 Å². The van der Waals surface area contributed by atoms with Crippen LogP contribution in [0.1, 0.15) is 18.1 Å². The maximum atomic E-state index is 13.2. The predicted octanol–water partition coefficient (Wildman–Crippen LogP) is 3.56. The molecule has 0 aromatic heterocycles. The number of benzene rings is 2. The zero-order valence-electron chi connectivity index (χ0n) is 14.5. The monoisotopic (exact) mass is 382 g/mol. The second-order valence-corrected chi connectivity index (χ2v) is 5.84. The van der Waals surface area contributed by atoms with Gasteiger partial charge < -0.3 is 10.2 Å². The Morgan fingerprint density at radius 3 is 2.41 bits per heavy atom. The molecule has 4 nitrogen and oxygen atoms in total. The number of halogens is 4. The van der Waals surface area contributed by atoms with Gasteiger partial charge in [0.15, 0.2) is 0 Å². The summed E-state index contributed by atoms with van der Waals surface area (Å²) in [5, 5.41) is 2.53. The van der Waals surface area contributed by atoms with Gasteiger partial charge in [-0.15, -0.1) is 0 Å². The van der Waals surface area contributed by atoms with Crippen LogP contribution < -0.4 is 10.2 Å². The highest BCUT2D eigenvalue weighted by molar-refractivity contribution is 5.92. The summed E-state index contributed by atoms with van der Waals surface area (Å²) < 4.78 is 52.6. The van der Waals surface area contributed by atoms with Gasteiger partial charge >= 0.3 is 6.18 Å². The van der Waals surface area contributed by atoms with Crippen molar-refractivity contribution in [1.82, 2.24) is 5.32 Å². The van der Waals surface area contributed by atoms with E-state index in [4.69, 9.17) is 0 Å². The minimum Gasteiger partial charge on any atom is -0.354 e. The molecular weight excluding hydrogens is 364 g/mol. The van der Waals surface area contributed by atoms with E-state index < -0.39 is 29.4 Å². The molecule has 0 saturated heterocycles. The standard InChI is InChI=1S/C19H18F4N2O2/c1-13(26)25(17-8-3-2-7-16(17)19(21,22)23)10-9-24-18(27)12-14-5-4-6-15(20)11-14/h2-8,11H,9-10,12H2,1H3,(H,24,27). The zero-order chi connectivity index (χ0) is 20.0. The molecule has 1 N–H and O–H groups in total. The van der Waals surface area contributed by atoms with Gasteiger partial charge in [-0.25, -0.2) is 4.39 Å². The van der Waals surface area contributed by atoms with Crippen molar-refractivity contribution in [2.45, 2.75) is 19.5 Å². The molecular formula is C19H18F4N2O2. The number of rotatable bonds is 6. The molecule has 0 bridgehead atoms. The highest BCUT2D eigenvalue weighted by Crippen LogP contribution is 2.36. The first-order valence-corrected chi connectivity index (χ1v) is 8.14. The lowest BCUT2D eigenvalue weighted by Gasteiger charge is -2.25. The van der Waals surface area contributed by atoms with Crippen molar-refractivity contribution in [3.63, 3.8) is 0 Å². The fraction of sp³-hybridized carbons (Fsp3) is 0.263. The third-order valence-corrected chi connectivity index (χ3v) is 3.79. The maximum Gasteiger partial charge on any atom is 0.418 e. The summed E-state index contributed by atoms with van der Waals surface area (Å²) >= 11 is 0. The van der Waals surface area contributed by atoms with Crippen molar-refractivity contribution in [1.29, 1.82) is 0 Å². The minimum atomic E-state index is -4.61. The molecule has 27 heavy (non-hydrogen) atoms. The Morgan fingerprint density at radius 1 is 1.07 bits per heavy atom. The van der Waals surface area contributed by atoms with Gasteiger partial charge in [-0.05, 0) is 29.8 Å². The third kappa shape index (κ3) is 5.80. The molecule has 144 valence electrons. The number of nitrogens with one attached hydrogen (secondary N) is 1. The largest absolute Gasteiger partial charge is 0.418 e. The van der Waals surface area contributed by atoms with Crippen LogP contribution in [0.3, 0.4) is 0 Å². The average Bonchev–Trinajstić information content (AvgIpc) is 2.57. The molecule has 0 saturated carbocycles. The van der Waals surface area contributed by atoms with Crippen molar-refractivity contribution >= 4 is 17.5 Å². The summed E-state index contributed by atoms with van der Waals surface area (Å²) in [6.07, 6.45) is -4.68. The van der Waals surface area contributed by atoms with E-state index in [1.165, 1.54) is 36.4 Å². The molecule has 2 aromatic carbocycles. The van der Waals surface area contributed by atoms with Crippen LogP contribution in [0.15, 0.2) is 48.5 Å². The molecule has 2 aromatic rings. The molecule has 0 aliphatic heterocycles. The number of anilines is 1. The lowest BCUT2D eigenvalue weighted by Crippen LogP contribution is -2.39. The quantitative estimate of drug-likeness (QED) is 0.777. The highest BCUT2D eigenvalue weighted by atomic mass is 19.4. The summed E-state index contributed by atoms with van der Waals surface area (Å²) in [4.78, 5) is 24.7. The Bertz CT molecular complexity index is 821. The van der Waals surface area contributed by atoms with E-state index in [0.29, 0.717) is 5.56 Å². The van der Waals surface area contributed by atoms with Gasteiger partial charge in [-0.2, -0.15) is 13.2 Å². The third-order valence-electron chi connectivity index (χ3n) is 3.79. The van der Waals surface area contributed by atoms with Gasteiger partial charge in [0.1, 0.15) is 5.82 Å². The summed E-state index contributed by atoms with van der Waals surface area (Å²) in [6, 6.07) is 10.3. The molecule has 0 aliphatic carbocycles. The van der Waals surface area contributed by atoms with Crippen molar-refractivity contribution in [2.75, 3.05) is 18.0 Å². The smallest absolute Gasteiger partial charge is 0.354 e. The van der Waals surface area contributed by atoms with Crippen LogP contribution in [0.25, 0.3) is 0 Å². The summed E-state index contributed by atoms with van der Waals surface area (Å²) in [6.45, 7) is 0.985. The molecule has 2 amide bonds. The Hall–Kier alpha value is -2.90. The first-order chi connectivity index (χ1) is 12.7. The number of carbonyl (C=O) groups is 2. The van der Waals surface area contributed by atoms with Gasteiger partial charge in [0.05, 0.1) is 17.7 Å². The van der Waals surface area contributed by atoms with Crippen LogP contribution in [0.5, 0.6) is 0 Å². The first kappa shape index (κ1) is 20.4. The number of hydrogen-bond donors (Lipinski definition) is 1. The van der Waals surface area contributed by atoms with E-state index in [9.17, 15) is 27.2 Å². The first-order valence-electron chi connectivity index (χ1n) is 8.14. The predicted molar refractivity (Wildman–Crippen MR) is 92.6 cm³/mol. The number of amides is 2. The Labute approximate surface area is 153 Å². The second kappa shape index (κ2) is 8.66. The van der Waals surface area contributed by atoms with Crippen molar-refractivity contribution < 1.29 is 27.2 Å². The number of nitrogens with zero attached hydrogens (tertiary/aromatic N) is 1. The number of alkyl halides is 3. The van der Waals surface area contributed by atoms with Crippen LogP contribution >= 0.6 is 0 Å². The Kier molecular flexibility index (Phi) is 6.55. The number of para-hydroxylation sites is 1. The fourth-order valence-electron chi connectivity index (χ4n) is 2.60. The molecule has 8 heteroatoms. The lowest BCUT2D eigenvalue weighted by atomic mass is 10.1. The van der Waals surface area contributed by atoms with Crippen LogP contribution in [-0.4, -0.2) is 24.9 Å². The molecule has 0 atom stereocenters. The SMILES string of the molecule is CC(=O)N(CCNC(=O)Cc1cccc(F)c1)c1ccccc1C(F)(F)F. The summed E-state index contributed by atoms with van der Waals surface area (Å²) in [5.74, 6) is -1.47. The van der Waals surface area contributed by atoms with E-state index in [1.54, 1.807) is 6.07 Å². The molecule has 0 radical (unpaired) electrons. The van der Waals surface area contributed by atoms with Gasteiger partial charge in [0, 0.05) is 20.0 Å². The van der Waals surface area contributed by atoms with Crippen LogP contribution in [-0.2, 0) is 22.2 Å². The van der Waals surface area contributed by atoms with E-state index >= 15 is 0 Å². The molecule has 0 unspecified atom stereocenters. The summed E-state index contributed by atoms with van der Waals surface area (Å²) in [7, 11) is 0. The van der Waals surface area contributed by atoms with Crippen molar-refractivity contribution in [3.05, 3.63) is 65.5 Å². The zero-order valence-corrected chi connectivity index (χ0v) is 14.5. The van der Waals surface area contributed by atoms with Crippen molar-refractivity contribution in [3.8, 4) is 0 Å². The maximum absolute atomic E-state index is 13.2. The normalized spacial score (nSPS) is 11.1. The molecule has 0 aliphatic rings. The number of hydrogen-bond acceptors (Lipinski definition) is 2. The topological polar surface area (TPSA) is 49.4 Å². The lowest BCUT2D eigenvalue weighted by molar-refractivity contribution is -0.137. The molecule has 2 rings (SSSR count). The van der Waals surface area contributed by atoms with Crippen LogP contribution in [0.4, 0.5) is 23.2 Å². The van der Waals surface area contributed by atoms with Crippen LogP contribution in [0.2, 0.25) is 0 Å². The van der Waals surface area contributed by atoms with E-state index in [-0.39, 0.29) is 25.2 Å². The molecule has 0 spiro atoms. The Morgan fingerprint density at radius 2 is 1.78 bits per heavy atom. The number of carbonyl (C=O) groups excluding carboxylic acids is 2. The minimum absolute atomic E-state index is 0.0417. The second-order valence-electron chi connectivity index (χ2n) is 5.84. The van der Waals surface area contributed by atoms with E-state index in [2.05, 4.69) is 5.32 Å². The van der Waals surface area contributed by atoms with Gasteiger partial charge in [-0.1, -0.05) is 24.3 Å². The van der Waals surface area contributed by atoms with Gasteiger partial charge in [0.25, 0.3) is 0 Å².